The number of fused-ring (bicyclic) bond motifs is 1. The molecule has 1 aliphatic heterocycles. The average molecular weight is 259 g/mol. The maximum absolute atomic E-state index is 5.54. The quantitative estimate of drug-likeness (QED) is 0.822. The molecule has 2 heteroatoms. The van der Waals surface area contributed by atoms with Crippen LogP contribution in [0, 0.1) is 0 Å². The molecular weight excluding hydrogens is 234 g/mol. The molecule has 1 heterocycles. The second-order valence-electron chi connectivity index (χ2n) is 5.98. The molecule has 2 nitrogen and oxygen atoms in total. The van der Waals surface area contributed by atoms with Gasteiger partial charge in [0.05, 0.1) is 7.11 Å². The van der Waals surface area contributed by atoms with Crippen LogP contribution in [0.3, 0.4) is 0 Å². The number of nitrogens with zero attached hydrogens (tertiary/aromatic N) is 1. The SMILES string of the molecule is COc1cccc2c1CCCC2CN1CCCCC1. The lowest BCUT2D eigenvalue weighted by molar-refractivity contribution is 0.209. The summed E-state index contributed by atoms with van der Waals surface area (Å²) in [5.41, 5.74) is 3.02. The molecule has 0 N–H and O–H groups in total. The van der Waals surface area contributed by atoms with Gasteiger partial charge in [0.2, 0.25) is 0 Å². The second-order valence-corrected chi connectivity index (χ2v) is 5.98. The zero-order valence-electron chi connectivity index (χ0n) is 12.0. The maximum Gasteiger partial charge on any atom is 0.122 e. The maximum atomic E-state index is 5.54. The Balaban J connectivity index is 1.78. The van der Waals surface area contributed by atoms with Crippen molar-refractivity contribution < 1.29 is 4.74 Å². The molecule has 0 radical (unpaired) electrons. The van der Waals surface area contributed by atoms with Crippen molar-refractivity contribution in [1.29, 1.82) is 0 Å². The van der Waals surface area contributed by atoms with E-state index in [1.807, 2.05) is 0 Å². The molecule has 1 atom stereocenters. The van der Waals surface area contributed by atoms with E-state index in [0.29, 0.717) is 0 Å². The fourth-order valence-corrected chi connectivity index (χ4v) is 3.75. The van der Waals surface area contributed by atoms with Gasteiger partial charge in [-0.3, -0.25) is 0 Å². The number of likely N-dealkylation sites (tertiary alicyclic amines) is 1. The van der Waals surface area contributed by atoms with Crippen molar-refractivity contribution in [3.05, 3.63) is 29.3 Å². The molecule has 19 heavy (non-hydrogen) atoms. The molecule has 1 aromatic rings. The minimum absolute atomic E-state index is 0.719. The average Bonchev–Trinajstić information content (AvgIpc) is 2.48. The number of piperidine rings is 1. The predicted octanol–water partition coefficient (Wildman–Crippen LogP) is 3.60. The van der Waals surface area contributed by atoms with E-state index in [1.54, 1.807) is 12.7 Å². The standard InChI is InChI=1S/C17H25NO/c1-19-17-10-6-8-15-14(7-5-9-16(15)17)13-18-11-3-2-4-12-18/h6,8,10,14H,2-5,7,9,11-13H2,1H3. The van der Waals surface area contributed by atoms with Crippen molar-refractivity contribution in [3.8, 4) is 5.75 Å². The number of hydrogen-bond acceptors (Lipinski definition) is 2. The summed E-state index contributed by atoms with van der Waals surface area (Å²) in [6.45, 7) is 3.85. The van der Waals surface area contributed by atoms with E-state index >= 15 is 0 Å². The Labute approximate surface area is 116 Å². The minimum atomic E-state index is 0.719. The molecule has 0 spiro atoms. The van der Waals surface area contributed by atoms with E-state index in [2.05, 4.69) is 23.1 Å². The van der Waals surface area contributed by atoms with Crippen molar-refractivity contribution in [1.82, 2.24) is 4.90 Å². The summed E-state index contributed by atoms with van der Waals surface area (Å²) >= 11 is 0. The van der Waals surface area contributed by atoms with Crippen molar-refractivity contribution in [2.45, 2.75) is 44.4 Å². The van der Waals surface area contributed by atoms with Gasteiger partial charge in [-0.05, 0) is 68.3 Å². The van der Waals surface area contributed by atoms with Gasteiger partial charge in [0.15, 0.2) is 0 Å². The summed E-state index contributed by atoms with van der Waals surface area (Å²) in [7, 11) is 1.80. The van der Waals surface area contributed by atoms with Gasteiger partial charge < -0.3 is 9.64 Å². The van der Waals surface area contributed by atoms with E-state index in [0.717, 1.165) is 11.7 Å². The normalized spacial score (nSPS) is 23.9. The Morgan fingerprint density at radius 2 is 2.00 bits per heavy atom. The highest BCUT2D eigenvalue weighted by atomic mass is 16.5. The predicted molar refractivity (Wildman–Crippen MR) is 79.0 cm³/mol. The summed E-state index contributed by atoms with van der Waals surface area (Å²) in [5, 5.41) is 0. The van der Waals surface area contributed by atoms with Crippen LogP contribution in [0.4, 0.5) is 0 Å². The van der Waals surface area contributed by atoms with Crippen LogP contribution in [0.1, 0.15) is 49.1 Å². The van der Waals surface area contributed by atoms with Crippen LogP contribution in [0.25, 0.3) is 0 Å². The molecule has 3 rings (SSSR count). The summed E-state index contributed by atoms with van der Waals surface area (Å²) in [6.07, 6.45) is 8.04. The van der Waals surface area contributed by atoms with Gasteiger partial charge in [-0.25, -0.2) is 0 Å². The third-order valence-corrected chi connectivity index (χ3v) is 4.74. The van der Waals surface area contributed by atoms with Gasteiger partial charge in [0, 0.05) is 6.54 Å². The first-order valence-corrected chi connectivity index (χ1v) is 7.76. The van der Waals surface area contributed by atoms with Crippen molar-refractivity contribution in [3.63, 3.8) is 0 Å². The largest absolute Gasteiger partial charge is 0.496 e. The number of methoxy groups -OCH3 is 1. The fourth-order valence-electron chi connectivity index (χ4n) is 3.75. The van der Waals surface area contributed by atoms with Crippen LogP contribution in [0.15, 0.2) is 18.2 Å². The van der Waals surface area contributed by atoms with Crippen molar-refractivity contribution in [2.24, 2.45) is 0 Å². The van der Waals surface area contributed by atoms with Gasteiger partial charge in [-0.15, -0.1) is 0 Å². The Morgan fingerprint density at radius 3 is 2.79 bits per heavy atom. The van der Waals surface area contributed by atoms with E-state index in [-0.39, 0.29) is 0 Å². The van der Waals surface area contributed by atoms with Crippen LogP contribution in [-0.4, -0.2) is 31.6 Å². The smallest absolute Gasteiger partial charge is 0.122 e. The molecular formula is C17H25NO. The molecule has 1 aliphatic carbocycles. The van der Waals surface area contributed by atoms with Gasteiger partial charge in [-0.2, -0.15) is 0 Å². The second kappa shape index (κ2) is 5.96. The Hall–Kier alpha value is -1.02. The highest BCUT2D eigenvalue weighted by Gasteiger charge is 2.25. The number of rotatable bonds is 3. The van der Waals surface area contributed by atoms with Gasteiger partial charge in [-0.1, -0.05) is 18.6 Å². The van der Waals surface area contributed by atoms with Crippen LogP contribution >= 0.6 is 0 Å². The van der Waals surface area contributed by atoms with Crippen LogP contribution in [0.5, 0.6) is 5.75 Å². The fraction of sp³-hybridized carbons (Fsp3) is 0.647. The topological polar surface area (TPSA) is 12.5 Å². The highest BCUT2D eigenvalue weighted by Crippen LogP contribution is 2.37. The summed E-state index contributed by atoms with van der Waals surface area (Å²) in [4.78, 5) is 2.67. The lowest BCUT2D eigenvalue weighted by atomic mass is 9.82. The molecule has 1 saturated heterocycles. The van der Waals surface area contributed by atoms with Crippen molar-refractivity contribution in [2.75, 3.05) is 26.7 Å². The third-order valence-electron chi connectivity index (χ3n) is 4.74. The number of hydrogen-bond donors (Lipinski definition) is 0. The molecule has 0 bridgehead atoms. The molecule has 1 unspecified atom stereocenters. The first-order valence-electron chi connectivity index (χ1n) is 7.76. The van der Waals surface area contributed by atoms with Crippen LogP contribution in [-0.2, 0) is 6.42 Å². The summed E-state index contributed by atoms with van der Waals surface area (Å²) in [6, 6.07) is 6.60. The molecule has 2 aliphatic rings. The van der Waals surface area contributed by atoms with Gasteiger partial charge in [0.25, 0.3) is 0 Å². The van der Waals surface area contributed by atoms with Crippen molar-refractivity contribution >= 4 is 0 Å². The lowest BCUT2D eigenvalue weighted by Gasteiger charge is -2.33. The van der Waals surface area contributed by atoms with E-state index in [4.69, 9.17) is 4.74 Å². The summed E-state index contributed by atoms with van der Waals surface area (Å²) < 4.78 is 5.54. The summed E-state index contributed by atoms with van der Waals surface area (Å²) in [5.74, 6) is 1.82. The van der Waals surface area contributed by atoms with E-state index < -0.39 is 0 Å². The molecule has 1 fully saturated rings. The van der Waals surface area contributed by atoms with Crippen LogP contribution < -0.4 is 4.74 Å². The first-order chi connectivity index (χ1) is 9.38. The third kappa shape index (κ3) is 2.79. The number of benzene rings is 1. The van der Waals surface area contributed by atoms with Gasteiger partial charge >= 0.3 is 0 Å². The molecule has 0 aromatic heterocycles. The van der Waals surface area contributed by atoms with E-state index in [1.165, 1.54) is 63.7 Å². The molecule has 0 saturated carbocycles. The zero-order chi connectivity index (χ0) is 13.1. The Morgan fingerprint density at radius 1 is 1.16 bits per heavy atom. The lowest BCUT2D eigenvalue weighted by Crippen LogP contribution is -2.34. The monoisotopic (exact) mass is 259 g/mol. The minimum Gasteiger partial charge on any atom is -0.496 e. The zero-order valence-corrected chi connectivity index (χ0v) is 12.0. The highest BCUT2D eigenvalue weighted by molar-refractivity contribution is 5.43. The van der Waals surface area contributed by atoms with E-state index in [9.17, 15) is 0 Å². The molecule has 0 amide bonds. The number of ether oxygens (including phenoxy) is 1. The van der Waals surface area contributed by atoms with Crippen LogP contribution in [0.2, 0.25) is 0 Å². The Bertz CT molecular complexity index is 423. The Kier molecular flexibility index (Phi) is 4.07. The molecule has 104 valence electrons. The molecule has 1 aromatic carbocycles. The van der Waals surface area contributed by atoms with Gasteiger partial charge in [0.1, 0.15) is 5.75 Å². The first kappa shape index (κ1) is 13.0.